The highest BCUT2D eigenvalue weighted by molar-refractivity contribution is 7.91. The number of amides is 1. The molecule has 7 nitrogen and oxygen atoms in total. The van der Waals surface area contributed by atoms with Crippen LogP contribution >= 0.6 is 0 Å². The molecule has 4 rings (SSSR count). The average molecular weight is 497 g/mol. The van der Waals surface area contributed by atoms with E-state index in [-0.39, 0.29) is 16.2 Å². The van der Waals surface area contributed by atoms with Crippen LogP contribution < -0.4 is 5.32 Å². The molecule has 0 saturated heterocycles. The van der Waals surface area contributed by atoms with E-state index in [0.717, 1.165) is 23.3 Å². The Morgan fingerprint density at radius 2 is 1.57 bits per heavy atom. The Kier molecular flexibility index (Phi) is 6.49. The molecule has 0 spiro atoms. The molecule has 0 bridgehead atoms. The van der Waals surface area contributed by atoms with Crippen molar-refractivity contribution >= 4 is 21.4 Å². The van der Waals surface area contributed by atoms with Gasteiger partial charge in [0.05, 0.1) is 22.5 Å². The van der Waals surface area contributed by atoms with Crippen molar-refractivity contribution in [1.29, 1.82) is 0 Å². The number of rotatable bonds is 7. The van der Waals surface area contributed by atoms with E-state index >= 15 is 0 Å². The lowest BCUT2D eigenvalue weighted by Gasteiger charge is -2.21. The number of carbonyl (C=O) groups is 1. The largest absolute Gasteiger partial charge is 0.322 e. The minimum atomic E-state index is -3.57. The first kappa shape index (κ1) is 24.2. The SMILES string of the molecule is CC(C)(CS(=O)(=O)c1ccc(-c2ccc(NC(=O)c3ccc(F)c(F)c3)cc2)cc1)c1cn[nH]n1. The zero-order valence-corrected chi connectivity index (χ0v) is 19.7. The summed E-state index contributed by atoms with van der Waals surface area (Å²) in [7, 11) is -3.57. The minimum Gasteiger partial charge on any atom is -0.322 e. The van der Waals surface area contributed by atoms with E-state index in [4.69, 9.17) is 0 Å². The maximum Gasteiger partial charge on any atom is 0.255 e. The number of hydrogen-bond donors (Lipinski definition) is 2. The maximum absolute atomic E-state index is 13.4. The molecule has 0 radical (unpaired) electrons. The first-order valence-corrected chi connectivity index (χ1v) is 12.3. The monoisotopic (exact) mass is 496 g/mol. The van der Waals surface area contributed by atoms with Crippen molar-refractivity contribution in [3.8, 4) is 11.1 Å². The predicted octanol–water partition coefficient (Wildman–Crippen LogP) is 4.75. The van der Waals surface area contributed by atoms with Gasteiger partial charge in [-0.2, -0.15) is 15.4 Å². The Balaban J connectivity index is 1.45. The van der Waals surface area contributed by atoms with E-state index in [9.17, 15) is 22.0 Å². The molecular formula is C25H22F2N4O3S. The van der Waals surface area contributed by atoms with Gasteiger partial charge in [-0.25, -0.2) is 17.2 Å². The second-order valence-corrected chi connectivity index (χ2v) is 10.7. The summed E-state index contributed by atoms with van der Waals surface area (Å²) < 4.78 is 52.3. The topological polar surface area (TPSA) is 105 Å². The molecule has 0 unspecified atom stereocenters. The molecule has 4 aromatic rings. The van der Waals surface area contributed by atoms with Gasteiger partial charge < -0.3 is 5.32 Å². The number of benzene rings is 3. The van der Waals surface area contributed by atoms with E-state index in [1.54, 1.807) is 62.4 Å². The molecule has 1 heterocycles. The quantitative estimate of drug-likeness (QED) is 0.384. The van der Waals surface area contributed by atoms with Gasteiger partial charge in [-0.05, 0) is 53.6 Å². The third kappa shape index (κ3) is 5.43. The van der Waals surface area contributed by atoms with Gasteiger partial charge in [0.25, 0.3) is 5.91 Å². The lowest BCUT2D eigenvalue weighted by molar-refractivity contribution is 0.102. The molecule has 0 atom stereocenters. The van der Waals surface area contributed by atoms with Crippen molar-refractivity contribution in [2.45, 2.75) is 24.2 Å². The van der Waals surface area contributed by atoms with Gasteiger partial charge in [0.15, 0.2) is 21.5 Å². The van der Waals surface area contributed by atoms with Crippen molar-refractivity contribution < 1.29 is 22.0 Å². The van der Waals surface area contributed by atoms with Gasteiger partial charge in [-0.3, -0.25) is 4.79 Å². The fourth-order valence-corrected chi connectivity index (χ4v) is 5.42. The van der Waals surface area contributed by atoms with Crippen LogP contribution in [0.25, 0.3) is 11.1 Å². The first-order valence-electron chi connectivity index (χ1n) is 10.6. The van der Waals surface area contributed by atoms with E-state index in [2.05, 4.69) is 20.7 Å². The predicted molar refractivity (Wildman–Crippen MR) is 128 cm³/mol. The van der Waals surface area contributed by atoms with E-state index in [0.29, 0.717) is 11.4 Å². The molecule has 0 aliphatic heterocycles. The molecular weight excluding hydrogens is 474 g/mol. The molecule has 10 heteroatoms. The summed E-state index contributed by atoms with van der Waals surface area (Å²) in [5.41, 5.74) is 1.91. The number of anilines is 1. The normalized spacial score (nSPS) is 11.9. The van der Waals surface area contributed by atoms with Crippen LogP contribution in [0.5, 0.6) is 0 Å². The maximum atomic E-state index is 13.4. The number of sulfone groups is 1. The van der Waals surface area contributed by atoms with E-state index < -0.39 is 32.8 Å². The van der Waals surface area contributed by atoms with Crippen LogP contribution in [0.2, 0.25) is 0 Å². The van der Waals surface area contributed by atoms with Gasteiger partial charge in [-0.1, -0.05) is 38.1 Å². The number of H-pyrrole nitrogens is 1. The van der Waals surface area contributed by atoms with Crippen molar-refractivity contribution in [2.75, 3.05) is 11.1 Å². The smallest absolute Gasteiger partial charge is 0.255 e. The first-order chi connectivity index (χ1) is 16.5. The molecule has 0 aliphatic rings. The van der Waals surface area contributed by atoms with Gasteiger partial charge in [0.2, 0.25) is 0 Å². The third-order valence-electron chi connectivity index (χ3n) is 5.53. The number of carbonyl (C=O) groups excluding carboxylic acids is 1. The highest BCUT2D eigenvalue weighted by Gasteiger charge is 2.31. The summed E-state index contributed by atoms with van der Waals surface area (Å²) in [6, 6.07) is 16.3. The minimum absolute atomic E-state index is 0.00324. The fraction of sp³-hybridized carbons (Fsp3) is 0.160. The molecule has 180 valence electrons. The molecule has 0 aliphatic carbocycles. The zero-order valence-electron chi connectivity index (χ0n) is 18.9. The highest BCUT2D eigenvalue weighted by atomic mass is 32.2. The van der Waals surface area contributed by atoms with Crippen LogP contribution in [0.1, 0.15) is 29.9 Å². The number of hydrogen-bond acceptors (Lipinski definition) is 5. The van der Waals surface area contributed by atoms with Crippen molar-refractivity contribution in [1.82, 2.24) is 15.4 Å². The Bertz CT molecular complexity index is 1450. The lowest BCUT2D eigenvalue weighted by atomic mass is 9.93. The number of halogens is 2. The van der Waals surface area contributed by atoms with Gasteiger partial charge >= 0.3 is 0 Å². The summed E-state index contributed by atoms with van der Waals surface area (Å²) in [4.78, 5) is 12.5. The Hall–Kier alpha value is -3.92. The van der Waals surface area contributed by atoms with Crippen molar-refractivity contribution in [3.05, 3.63) is 95.8 Å². The van der Waals surface area contributed by atoms with Gasteiger partial charge in [0, 0.05) is 16.7 Å². The zero-order chi connectivity index (χ0) is 25.2. The van der Waals surface area contributed by atoms with Crippen LogP contribution in [-0.4, -0.2) is 35.5 Å². The molecule has 0 fully saturated rings. The molecule has 1 amide bonds. The van der Waals surface area contributed by atoms with Crippen molar-refractivity contribution in [2.24, 2.45) is 0 Å². The van der Waals surface area contributed by atoms with Crippen LogP contribution in [0.15, 0.2) is 77.8 Å². The number of aromatic amines is 1. The molecule has 3 aromatic carbocycles. The second-order valence-electron chi connectivity index (χ2n) is 8.68. The van der Waals surface area contributed by atoms with Crippen LogP contribution in [0, 0.1) is 11.6 Å². The Morgan fingerprint density at radius 1 is 0.943 bits per heavy atom. The van der Waals surface area contributed by atoms with Crippen molar-refractivity contribution in [3.63, 3.8) is 0 Å². The second kappa shape index (κ2) is 9.38. The Morgan fingerprint density at radius 3 is 2.14 bits per heavy atom. The average Bonchev–Trinajstić information content (AvgIpc) is 3.37. The number of nitrogens with zero attached hydrogens (tertiary/aromatic N) is 2. The van der Waals surface area contributed by atoms with E-state index in [1.165, 1.54) is 12.3 Å². The molecule has 0 saturated carbocycles. The summed E-state index contributed by atoms with van der Waals surface area (Å²) >= 11 is 0. The molecule has 2 N–H and O–H groups in total. The fourth-order valence-electron chi connectivity index (χ4n) is 3.60. The number of nitrogens with one attached hydrogen (secondary N) is 2. The Labute approximate surface area is 201 Å². The lowest BCUT2D eigenvalue weighted by Crippen LogP contribution is -2.28. The van der Waals surface area contributed by atoms with E-state index in [1.807, 2.05) is 0 Å². The standard InChI is InChI=1S/C25H22F2N4O3S/c1-25(2,23-14-28-31-30-23)15-35(33,34)20-10-5-17(6-11-20)16-3-8-19(9-4-16)29-24(32)18-7-12-21(26)22(27)13-18/h3-14H,15H2,1-2H3,(H,29,32)(H,28,30,31). The summed E-state index contributed by atoms with van der Waals surface area (Å²) in [5.74, 6) is -2.82. The summed E-state index contributed by atoms with van der Waals surface area (Å²) in [6.45, 7) is 3.59. The van der Waals surface area contributed by atoms with Gasteiger partial charge in [-0.15, -0.1) is 0 Å². The van der Waals surface area contributed by atoms with Gasteiger partial charge in [0.1, 0.15) is 0 Å². The van der Waals surface area contributed by atoms with Crippen LogP contribution in [-0.2, 0) is 15.3 Å². The summed E-state index contributed by atoms with van der Waals surface area (Å²) in [5, 5.41) is 12.9. The summed E-state index contributed by atoms with van der Waals surface area (Å²) in [6.07, 6.45) is 1.52. The van der Waals surface area contributed by atoms with Crippen LogP contribution in [0.4, 0.5) is 14.5 Å². The third-order valence-corrected chi connectivity index (χ3v) is 7.62. The number of aromatic nitrogens is 3. The molecule has 35 heavy (non-hydrogen) atoms. The highest BCUT2D eigenvalue weighted by Crippen LogP contribution is 2.28. The molecule has 1 aromatic heterocycles. The van der Waals surface area contributed by atoms with Crippen LogP contribution in [0.3, 0.4) is 0 Å².